The van der Waals surface area contributed by atoms with Crippen LogP contribution < -0.4 is 4.90 Å². The Balaban J connectivity index is 2.18. The molecule has 0 aromatic carbocycles. The molecule has 0 saturated carbocycles. The summed E-state index contributed by atoms with van der Waals surface area (Å²) in [4.78, 5) is 17.9. The molecule has 0 unspecified atom stereocenters. The van der Waals surface area contributed by atoms with Gasteiger partial charge in [0.15, 0.2) is 0 Å². The van der Waals surface area contributed by atoms with Crippen LogP contribution in [-0.4, -0.2) is 23.7 Å². The third-order valence-electron chi connectivity index (χ3n) is 3.38. The highest BCUT2D eigenvalue weighted by molar-refractivity contribution is 5.89. The number of aromatic nitrogens is 1. The molecule has 1 aromatic rings. The normalized spacial score (nSPS) is 19.4. The molecule has 2 rings (SSSR count). The highest BCUT2D eigenvalue weighted by Gasteiger charge is 2.36. The minimum Gasteiger partial charge on any atom is -0.447 e. The molecule has 1 aliphatic rings. The molecule has 104 valence electrons. The first kappa shape index (κ1) is 13.8. The minimum atomic E-state index is -0.289. The van der Waals surface area contributed by atoms with Gasteiger partial charge in [-0.2, -0.15) is 0 Å². The fourth-order valence-electron chi connectivity index (χ4n) is 2.34. The van der Waals surface area contributed by atoms with E-state index in [2.05, 4.69) is 32.7 Å². The summed E-state index contributed by atoms with van der Waals surface area (Å²) in [6.07, 6.45) is 2.58. The fraction of sp³-hybridized carbons (Fsp3) is 0.600. The lowest BCUT2D eigenvalue weighted by atomic mass is 10.0. The average molecular weight is 262 g/mol. The Labute approximate surface area is 114 Å². The van der Waals surface area contributed by atoms with Gasteiger partial charge in [-0.15, -0.1) is 0 Å². The topological polar surface area (TPSA) is 42.4 Å². The van der Waals surface area contributed by atoms with Gasteiger partial charge in [-0.05, 0) is 29.9 Å². The second kappa shape index (κ2) is 5.59. The number of anilines is 1. The average Bonchev–Trinajstić information content (AvgIpc) is 2.71. The van der Waals surface area contributed by atoms with Gasteiger partial charge in [0.05, 0.1) is 6.04 Å². The molecular weight excluding hydrogens is 240 g/mol. The highest BCUT2D eigenvalue weighted by atomic mass is 16.6. The van der Waals surface area contributed by atoms with Crippen molar-refractivity contribution in [1.82, 2.24) is 4.98 Å². The highest BCUT2D eigenvalue weighted by Crippen LogP contribution is 2.25. The predicted molar refractivity (Wildman–Crippen MR) is 75.2 cm³/mol. The quantitative estimate of drug-likeness (QED) is 0.836. The van der Waals surface area contributed by atoms with E-state index in [1.54, 1.807) is 4.90 Å². The summed E-state index contributed by atoms with van der Waals surface area (Å²) in [6, 6.07) is 4.04. The molecule has 0 spiro atoms. The van der Waals surface area contributed by atoms with Gasteiger partial charge in [0.25, 0.3) is 0 Å². The van der Waals surface area contributed by atoms with Crippen molar-refractivity contribution in [3.63, 3.8) is 0 Å². The lowest BCUT2D eigenvalue weighted by molar-refractivity contribution is 0.177. The number of pyridine rings is 1. The summed E-state index contributed by atoms with van der Waals surface area (Å²) < 4.78 is 5.14. The van der Waals surface area contributed by atoms with E-state index in [0.717, 1.165) is 6.42 Å². The zero-order chi connectivity index (χ0) is 14.0. The standard InChI is InChI=1S/C15H22N2O2/c1-10(2)7-12-5-6-14(16-8-12)17-13(11(3)4)9-19-15(17)18/h5-6,8,10-11,13H,7,9H2,1-4H3/t13-/m1/s1. The maximum atomic E-state index is 11.8. The van der Waals surface area contributed by atoms with Gasteiger partial charge >= 0.3 is 6.09 Å². The molecule has 4 nitrogen and oxygen atoms in total. The van der Waals surface area contributed by atoms with E-state index in [1.807, 2.05) is 18.3 Å². The number of hydrogen-bond donors (Lipinski definition) is 0. The van der Waals surface area contributed by atoms with E-state index in [0.29, 0.717) is 24.3 Å². The predicted octanol–water partition coefficient (Wildman–Crippen LogP) is 3.26. The van der Waals surface area contributed by atoms with Crippen LogP contribution in [-0.2, 0) is 11.2 Å². The zero-order valence-corrected chi connectivity index (χ0v) is 12.1. The number of ether oxygens (including phenoxy) is 1. The monoisotopic (exact) mass is 262 g/mol. The second-order valence-corrected chi connectivity index (χ2v) is 5.88. The summed E-state index contributed by atoms with van der Waals surface area (Å²) in [5, 5.41) is 0. The molecule has 1 amide bonds. The van der Waals surface area contributed by atoms with Crippen molar-refractivity contribution in [2.75, 3.05) is 11.5 Å². The Morgan fingerprint density at radius 3 is 2.63 bits per heavy atom. The summed E-state index contributed by atoms with van der Waals surface area (Å²) in [5.74, 6) is 1.64. The smallest absolute Gasteiger partial charge is 0.415 e. The van der Waals surface area contributed by atoms with Crippen molar-refractivity contribution >= 4 is 11.9 Å². The van der Waals surface area contributed by atoms with Gasteiger partial charge in [-0.3, -0.25) is 4.90 Å². The second-order valence-electron chi connectivity index (χ2n) is 5.88. The molecule has 1 atom stereocenters. The molecule has 4 heteroatoms. The summed E-state index contributed by atoms with van der Waals surface area (Å²) >= 11 is 0. The van der Waals surface area contributed by atoms with E-state index in [-0.39, 0.29) is 12.1 Å². The number of carbonyl (C=O) groups is 1. The Morgan fingerprint density at radius 1 is 1.37 bits per heavy atom. The van der Waals surface area contributed by atoms with Crippen LogP contribution in [0.1, 0.15) is 33.3 Å². The number of nitrogens with zero attached hydrogens (tertiary/aromatic N) is 2. The van der Waals surface area contributed by atoms with E-state index < -0.39 is 0 Å². The Hall–Kier alpha value is -1.58. The molecule has 0 aliphatic carbocycles. The van der Waals surface area contributed by atoms with E-state index in [4.69, 9.17) is 4.74 Å². The van der Waals surface area contributed by atoms with Crippen molar-refractivity contribution < 1.29 is 9.53 Å². The minimum absolute atomic E-state index is 0.0796. The van der Waals surface area contributed by atoms with E-state index >= 15 is 0 Å². The fourth-order valence-corrected chi connectivity index (χ4v) is 2.34. The lowest BCUT2D eigenvalue weighted by Crippen LogP contribution is -2.37. The van der Waals surface area contributed by atoms with Gasteiger partial charge in [-0.25, -0.2) is 9.78 Å². The van der Waals surface area contributed by atoms with Crippen LogP contribution in [0.25, 0.3) is 0 Å². The van der Waals surface area contributed by atoms with Gasteiger partial charge in [-0.1, -0.05) is 33.8 Å². The molecule has 0 bridgehead atoms. The Bertz CT molecular complexity index is 440. The van der Waals surface area contributed by atoms with Crippen molar-refractivity contribution in [2.45, 2.75) is 40.2 Å². The number of cyclic esters (lactones) is 1. The van der Waals surface area contributed by atoms with Crippen LogP contribution in [0.15, 0.2) is 18.3 Å². The maximum absolute atomic E-state index is 11.8. The van der Waals surface area contributed by atoms with Crippen molar-refractivity contribution in [3.05, 3.63) is 23.9 Å². The first-order chi connectivity index (χ1) is 8.99. The first-order valence-corrected chi connectivity index (χ1v) is 6.90. The number of rotatable bonds is 4. The van der Waals surface area contributed by atoms with E-state index in [9.17, 15) is 4.79 Å². The van der Waals surface area contributed by atoms with Crippen LogP contribution >= 0.6 is 0 Å². The molecule has 19 heavy (non-hydrogen) atoms. The van der Waals surface area contributed by atoms with E-state index in [1.165, 1.54) is 5.56 Å². The number of amides is 1. The summed E-state index contributed by atoms with van der Waals surface area (Å²) in [7, 11) is 0. The molecule has 0 N–H and O–H groups in total. The molecule has 0 radical (unpaired) electrons. The Morgan fingerprint density at radius 2 is 2.11 bits per heavy atom. The van der Waals surface area contributed by atoms with Gasteiger partial charge in [0, 0.05) is 6.20 Å². The zero-order valence-electron chi connectivity index (χ0n) is 12.1. The lowest BCUT2D eigenvalue weighted by Gasteiger charge is -2.23. The van der Waals surface area contributed by atoms with Crippen LogP contribution in [0.4, 0.5) is 10.6 Å². The molecular formula is C15H22N2O2. The third kappa shape index (κ3) is 3.06. The SMILES string of the molecule is CC(C)Cc1ccc(N2C(=O)OC[C@@H]2C(C)C)nc1. The van der Waals surface area contributed by atoms with Crippen LogP contribution in [0, 0.1) is 11.8 Å². The molecule has 1 aromatic heterocycles. The maximum Gasteiger partial charge on any atom is 0.415 e. The van der Waals surface area contributed by atoms with Crippen molar-refractivity contribution in [1.29, 1.82) is 0 Å². The number of carbonyl (C=O) groups excluding carboxylic acids is 1. The first-order valence-electron chi connectivity index (χ1n) is 6.90. The van der Waals surface area contributed by atoms with Gasteiger partial charge in [0.2, 0.25) is 0 Å². The third-order valence-corrected chi connectivity index (χ3v) is 3.38. The van der Waals surface area contributed by atoms with Gasteiger partial charge in [0.1, 0.15) is 12.4 Å². The van der Waals surface area contributed by atoms with Crippen LogP contribution in [0.3, 0.4) is 0 Å². The summed E-state index contributed by atoms with van der Waals surface area (Å²) in [6.45, 7) is 8.99. The molecule has 1 fully saturated rings. The van der Waals surface area contributed by atoms with Crippen molar-refractivity contribution in [2.24, 2.45) is 11.8 Å². The van der Waals surface area contributed by atoms with Crippen molar-refractivity contribution in [3.8, 4) is 0 Å². The Kier molecular flexibility index (Phi) is 4.08. The molecule has 1 aliphatic heterocycles. The largest absolute Gasteiger partial charge is 0.447 e. The summed E-state index contributed by atoms with van der Waals surface area (Å²) in [5.41, 5.74) is 1.20. The molecule has 2 heterocycles. The number of hydrogen-bond acceptors (Lipinski definition) is 3. The van der Waals surface area contributed by atoms with Crippen LogP contribution in [0.2, 0.25) is 0 Å². The van der Waals surface area contributed by atoms with Crippen LogP contribution in [0.5, 0.6) is 0 Å². The molecule has 1 saturated heterocycles. The van der Waals surface area contributed by atoms with Gasteiger partial charge < -0.3 is 4.74 Å².